The summed E-state index contributed by atoms with van der Waals surface area (Å²) in [6.07, 6.45) is 5.67. The summed E-state index contributed by atoms with van der Waals surface area (Å²) in [5, 5.41) is 11.0. The molecule has 192 valence electrons. The molecular formula is C25H32F2N8O. The summed E-state index contributed by atoms with van der Waals surface area (Å²) in [6.45, 7) is 4.92. The van der Waals surface area contributed by atoms with E-state index in [1.807, 2.05) is 41.7 Å². The number of anilines is 1. The molecule has 1 saturated heterocycles. The minimum Gasteiger partial charge on any atom is -0.350 e. The van der Waals surface area contributed by atoms with Crippen molar-refractivity contribution < 1.29 is 13.6 Å². The van der Waals surface area contributed by atoms with Crippen molar-refractivity contribution in [3.8, 4) is 0 Å². The molecule has 2 N–H and O–H groups in total. The Balaban J connectivity index is 1.28. The Labute approximate surface area is 208 Å². The van der Waals surface area contributed by atoms with Gasteiger partial charge in [-0.15, -0.1) is 5.10 Å². The van der Waals surface area contributed by atoms with Gasteiger partial charge in [0.1, 0.15) is 0 Å². The average Bonchev–Trinajstić information content (AvgIpc) is 3.30. The van der Waals surface area contributed by atoms with Gasteiger partial charge in [0.15, 0.2) is 0 Å². The zero-order valence-corrected chi connectivity index (χ0v) is 20.7. The molecule has 36 heavy (non-hydrogen) atoms. The van der Waals surface area contributed by atoms with Gasteiger partial charge in [-0.2, -0.15) is 0 Å². The highest BCUT2D eigenvalue weighted by molar-refractivity contribution is 6.07. The lowest BCUT2D eigenvalue weighted by Gasteiger charge is -2.32. The van der Waals surface area contributed by atoms with Crippen molar-refractivity contribution >= 4 is 28.8 Å². The van der Waals surface area contributed by atoms with Gasteiger partial charge in [0.25, 0.3) is 6.43 Å². The molecule has 3 aliphatic heterocycles. The van der Waals surface area contributed by atoms with Crippen molar-refractivity contribution in [2.75, 3.05) is 25.0 Å². The van der Waals surface area contributed by atoms with Crippen LogP contribution in [0.5, 0.6) is 0 Å². The van der Waals surface area contributed by atoms with Gasteiger partial charge in [-0.25, -0.2) is 18.3 Å². The van der Waals surface area contributed by atoms with Crippen molar-refractivity contribution in [2.24, 2.45) is 9.98 Å². The zero-order valence-electron chi connectivity index (χ0n) is 20.7. The van der Waals surface area contributed by atoms with Gasteiger partial charge in [0.05, 0.1) is 41.4 Å². The largest absolute Gasteiger partial charge is 0.350 e. The van der Waals surface area contributed by atoms with E-state index in [9.17, 15) is 13.6 Å². The fourth-order valence-electron chi connectivity index (χ4n) is 5.12. The number of hydrogen-bond acceptors (Lipinski definition) is 7. The molecule has 1 unspecified atom stereocenters. The lowest BCUT2D eigenvalue weighted by Crippen LogP contribution is -2.42. The maximum Gasteiger partial charge on any atom is 0.250 e. The van der Waals surface area contributed by atoms with Crippen LogP contribution in [0.3, 0.4) is 0 Å². The van der Waals surface area contributed by atoms with Gasteiger partial charge >= 0.3 is 0 Å². The quantitative estimate of drug-likeness (QED) is 0.610. The summed E-state index contributed by atoms with van der Waals surface area (Å²) in [5.74, 6) is 0.764. The third-order valence-corrected chi connectivity index (χ3v) is 7.14. The molecule has 5 heterocycles. The number of alkyl halides is 2. The van der Waals surface area contributed by atoms with E-state index in [1.165, 1.54) is 0 Å². The number of piperidine rings is 1. The molecule has 0 spiro atoms. The number of rotatable bonds is 7. The predicted molar refractivity (Wildman–Crippen MR) is 135 cm³/mol. The number of halogens is 2. The highest BCUT2D eigenvalue weighted by Crippen LogP contribution is 2.31. The predicted octanol–water partition coefficient (Wildman–Crippen LogP) is 3.42. The summed E-state index contributed by atoms with van der Waals surface area (Å²) < 4.78 is 27.2. The van der Waals surface area contributed by atoms with Crippen LogP contribution in [0.25, 0.3) is 5.52 Å². The number of fused-ring (bicyclic) bond motifs is 1. The molecule has 3 aliphatic rings. The third kappa shape index (κ3) is 5.16. The minimum atomic E-state index is -2.40. The normalized spacial score (nSPS) is 21.0. The van der Waals surface area contributed by atoms with Crippen molar-refractivity contribution in [3.63, 3.8) is 0 Å². The number of nitrogens with one attached hydrogen (secondary N) is 2. The molecule has 0 bridgehead atoms. The van der Waals surface area contributed by atoms with Crippen molar-refractivity contribution in [3.05, 3.63) is 35.4 Å². The zero-order chi connectivity index (χ0) is 25.2. The molecule has 11 heteroatoms. The van der Waals surface area contributed by atoms with Gasteiger partial charge in [-0.1, -0.05) is 6.92 Å². The topological polar surface area (TPSA) is 99.3 Å². The Kier molecular flexibility index (Phi) is 7.08. The van der Waals surface area contributed by atoms with E-state index < -0.39 is 6.43 Å². The summed E-state index contributed by atoms with van der Waals surface area (Å²) in [5.41, 5.74) is 5.43. The summed E-state index contributed by atoms with van der Waals surface area (Å²) >= 11 is 0. The van der Waals surface area contributed by atoms with Crippen LogP contribution < -0.4 is 10.6 Å². The Bertz CT molecular complexity index is 1230. The fourth-order valence-corrected chi connectivity index (χ4v) is 5.12. The molecule has 0 aliphatic carbocycles. The van der Waals surface area contributed by atoms with E-state index in [4.69, 9.17) is 4.99 Å². The van der Waals surface area contributed by atoms with E-state index in [1.54, 1.807) is 0 Å². The van der Waals surface area contributed by atoms with Gasteiger partial charge in [0.2, 0.25) is 11.9 Å². The SMILES string of the molecule is CCC(=O)N1CCC(Nc2ncc3c(C4=NC5=C(CC4)N=C(C)C(NCC(F)F)C5)ccn3n2)CC1. The first kappa shape index (κ1) is 24.5. The Hall–Kier alpha value is -3.21. The van der Waals surface area contributed by atoms with E-state index in [2.05, 4.69) is 25.7 Å². The molecule has 2 aromatic rings. The first-order valence-electron chi connectivity index (χ1n) is 12.7. The molecule has 1 amide bonds. The lowest BCUT2D eigenvalue weighted by molar-refractivity contribution is -0.131. The van der Waals surface area contributed by atoms with E-state index in [0.717, 1.165) is 72.7 Å². The molecule has 1 atom stereocenters. The first-order chi connectivity index (χ1) is 17.4. The van der Waals surface area contributed by atoms with Crippen LogP contribution in [0.1, 0.15) is 57.9 Å². The Morgan fingerprint density at radius 3 is 2.75 bits per heavy atom. The highest BCUT2D eigenvalue weighted by Gasteiger charge is 2.27. The second kappa shape index (κ2) is 10.4. The first-order valence-corrected chi connectivity index (χ1v) is 12.7. The fraction of sp³-hybridized carbons (Fsp3) is 0.560. The Morgan fingerprint density at radius 1 is 1.19 bits per heavy atom. The van der Waals surface area contributed by atoms with Crippen LogP contribution in [0.15, 0.2) is 39.8 Å². The third-order valence-electron chi connectivity index (χ3n) is 7.14. The second-order valence-electron chi connectivity index (χ2n) is 9.56. The van der Waals surface area contributed by atoms with Crippen LogP contribution >= 0.6 is 0 Å². The maximum atomic E-state index is 12.7. The number of aliphatic imine (C=N–C) groups is 2. The summed E-state index contributed by atoms with van der Waals surface area (Å²) in [7, 11) is 0. The van der Waals surface area contributed by atoms with Crippen LogP contribution in [-0.4, -0.2) is 75.0 Å². The molecule has 0 saturated carbocycles. The summed E-state index contributed by atoms with van der Waals surface area (Å²) in [4.78, 5) is 27.9. The molecule has 2 aromatic heterocycles. The molecule has 9 nitrogen and oxygen atoms in total. The molecule has 1 fully saturated rings. The average molecular weight is 499 g/mol. The van der Waals surface area contributed by atoms with Crippen molar-refractivity contribution in [1.82, 2.24) is 24.8 Å². The molecular weight excluding hydrogens is 466 g/mol. The van der Waals surface area contributed by atoms with Crippen molar-refractivity contribution in [1.29, 1.82) is 0 Å². The number of amides is 1. The number of likely N-dealkylation sites (tertiary alicyclic amines) is 1. The van der Waals surface area contributed by atoms with E-state index >= 15 is 0 Å². The lowest BCUT2D eigenvalue weighted by atomic mass is 9.95. The number of allylic oxidation sites excluding steroid dienone is 1. The molecule has 0 aromatic carbocycles. The maximum absolute atomic E-state index is 12.7. The van der Waals surface area contributed by atoms with Gasteiger partial charge in [-0.05, 0) is 38.7 Å². The molecule has 5 rings (SSSR count). The minimum absolute atomic E-state index is 0.203. The molecule has 0 radical (unpaired) electrons. The van der Waals surface area contributed by atoms with Gasteiger partial charge < -0.3 is 15.5 Å². The van der Waals surface area contributed by atoms with Crippen molar-refractivity contribution in [2.45, 2.75) is 70.9 Å². The monoisotopic (exact) mass is 498 g/mol. The standard InChI is InChI=1S/C25H32F2N8O/c1-3-24(36)34-9-6-16(7-10-34)31-25-29-13-22-17(8-11-35(22)33-25)18-4-5-19-21(32-18)12-20(15(2)30-19)28-14-23(26)27/h8,11,13,16,20,23,28H,3-7,9-10,12,14H2,1-2H3,(H,31,33). The van der Waals surface area contributed by atoms with Crippen LogP contribution in [0, 0.1) is 0 Å². The van der Waals surface area contributed by atoms with Gasteiger partial charge in [0, 0.05) is 49.4 Å². The smallest absolute Gasteiger partial charge is 0.250 e. The van der Waals surface area contributed by atoms with E-state index in [-0.39, 0.29) is 24.5 Å². The number of hydrogen-bond donors (Lipinski definition) is 2. The van der Waals surface area contributed by atoms with E-state index in [0.29, 0.717) is 18.8 Å². The van der Waals surface area contributed by atoms with Crippen LogP contribution in [-0.2, 0) is 4.79 Å². The highest BCUT2D eigenvalue weighted by atomic mass is 19.3. The number of aromatic nitrogens is 3. The van der Waals surface area contributed by atoms with Crippen LogP contribution in [0.4, 0.5) is 14.7 Å². The second-order valence-corrected chi connectivity index (χ2v) is 9.56. The van der Waals surface area contributed by atoms with Crippen LogP contribution in [0.2, 0.25) is 0 Å². The van der Waals surface area contributed by atoms with Gasteiger partial charge in [-0.3, -0.25) is 14.8 Å². The summed E-state index contributed by atoms with van der Waals surface area (Å²) in [6, 6.07) is 2.00. The Morgan fingerprint density at radius 2 is 2.00 bits per heavy atom. The number of carbonyl (C=O) groups excluding carboxylic acids is 1. The number of carbonyl (C=O) groups is 1. The number of nitrogens with zero attached hydrogens (tertiary/aromatic N) is 6.